The van der Waals surface area contributed by atoms with Crippen LogP contribution in [0.5, 0.6) is 5.75 Å². The highest BCUT2D eigenvalue weighted by molar-refractivity contribution is 5.82. The first-order valence-electron chi connectivity index (χ1n) is 7.77. The summed E-state index contributed by atoms with van der Waals surface area (Å²) in [6.45, 7) is 6.33. The average molecular weight is 318 g/mol. The third kappa shape index (κ3) is 4.34. The standard InChI is InChI=1S/C18H22O5/c1-4-18(2,3)17(20)22-11-7-10-21-15-12-16(19)23-14-9-6-5-8-13(14)15/h5-6,8-9,12H,4,7,10-11H2,1-3H3. The summed E-state index contributed by atoms with van der Waals surface area (Å²) in [6.07, 6.45) is 1.29. The Morgan fingerprint density at radius 1 is 1.22 bits per heavy atom. The third-order valence-electron chi connectivity index (χ3n) is 3.83. The zero-order valence-corrected chi connectivity index (χ0v) is 13.8. The largest absolute Gasteiger partial charge is 0.492 e. The van der Waals surface area contributed by atoms with Gasteiger partial charge in [-0.15, -0.1) is 0 Å². The van der Waals surface area contributed by atoms with Gasteiger partial charge in [-0.05, 0) is 32.4 Å². The van der Waals surface area contributed by atoms with Crippen LogP contribution in [-0.2, 0) is 9.53 Å². The molecule has 0 fully saturated rings. The maximum Gasteiger partial charge on any atom is 0.339 e. The molecule has 2 rings (SSSR count). The van der Waals surface area contributed by atoms with Crippen molar-refractivity contribution in [3.63, 3.8) is 0 Å². The van der Waals surface area contributed by atoms with Crippen molar-refractivity contribution in [3.8, 4) is 5.75 Å². The van der Waals surface area contributed by atoms with E-state index in [1.54, 1.807) is 12.1 Å². The second kappa shape index (κ2) is 7.31. The Morgan fingerprint density at radius 3 is 2.70 bits per heavy atom. The highest BCUT2D eigenvalue weighted by Crippen LogP contribution is 2.23. The Hall–Kier alpha value is -2.30. The van der Waals surface area contributed by atoms with Crippen molar-refractivity contribution in [1.82, 2.24) is 0 Å². The minimum atomic E-state index is -0.463. The highest BCUT2D eigenvalue weighted by Gasteiger charge is 2.26. The maximum absolute atomic E-state index is 11.8. The number of hydrogen-bond acceptors (Lipinski definition) is 5. The minimum Gasteiger partial charge on any atom is -0.492 e. The Balaban J connectivity index is 1.88. The molecule has 1 heterocycles. The molecule has 0 aliphatic carbocycles. The summed E-state index contributed by atoms with van der Waals surface area (Å²) >= 11 is 0. The monoisotopic (exact) mass is 318 g/mol. The number of fused-ring (bicyclic) bond motifs is 1. The van der Waals surface area contributed by atoms with Gasteiger partial charge in [-0.25, -0.2) is 4.79 Å². The van der Waals surface area contributed by atoms with Gasteiger partial charge >= 0.3 is 11.6 Å². The molecule has 0 N–H and O–H groups in total. The second-order valence-electron chi connectivity index (χ2n) is 6.00. The van der Waals surface area contributed by atoms with Crippen molar-refractivity contribution in [3.05, 3.63) is 40.8 Å². The first-order valence-corrected chi connectivity index (χ1v) is 7.77. The fraction of sp³-hybridized carbons (Fsp3) is 0.444. The number of esters is 1. The Labute approximate surface area is 135 Å². The molecule has 0 aliphatic heterocycles. The summed E-state index contributed by atoms with van der Waals surface area (Å²) in [5.41, 5.74) is -0.420. The van der Waals surface area contributed by atoms with E-state index in [-0.39, 0.29) is 5.97 Å². The van der Waals surface area contributed by atoms with Crippen LogP contribution in [-0.4, -0.2) is 19.2 Å². The summed E-state index contributed by atoms with van der Waals surface area (Å²) in [7, 11) is 0. The van der Waals surface area contributed by atoms with Crippen molar-refractivity contribution in [2.24, 2.45) is 5.41 Å². The number of benzene rings is 1. The Bertz CT molecular complexity index is 730. The van der Waals surface area contributed by atoms with Crippen molar-refractivity contribution in [2.75, 3.05) is 13.2 Å². The van der Waals surface area contributed by atoms with Gasteiger partial charge in [-0.3, -0.25) is 4.79 Å². The lowest BCUT2D eigenvalue weighted by Gasteiger charge is -2.20. The van der Waals surface area contributed by atoms with E-state index >= 15 is 0 Å². The van der Waals surface area contributed by atoms with E-state index in [1.807, 2.05) is 32.9 Å². The molecule has 0 unspecified atom stereocenters. The molecule has 0 bridgehead atoms. The molecule has 1 aromatic carbocycles. The fourth-order valence-corrected chi connectivity index (χ4v) is 1.95. The predicted octanol–water partition coefficient (Wildman–Crippen LogP) is 3.54. The van der Waals surface area contributed by atoms with Crippen LogP contribution in [0.4, 0.5) is 0 Å². The molecule has 0 atom stereocenters. The average Bonchev–Trinajstić information content (AvgIpc) is 2.53. The van der Waals surface area contributed by atoms with Gasteiger partial charge in [0.2, 0.25) is 0 Å². The van der Waals surface area contributed by atoms with Gasteiger partial charge in [0.05, 0.1) is 30.1 Å². The summed E-state index contributed by atoms with van der Waals surface area (Å²) in [5, 5.41) is 0.746. The van der Waals surface area contributed by atoms with Gasteiger partial charge in [0.25, 0.3) is 0 Å². The summed E-state index contributed by atoms with van der Waals surface area (Å²) in [5.74, 6) is 0.280. The van der Waals surface area contributed by atoms with Crippen LogP contribution in [0.3, 0.4) is 0 Å². The minimum absolute atomic E-state index is 0.203. The lowest BCUT2D eigenvalue weighted by atomic mass is 9.91. The predicted molar refractivity (Wildman–Crippen MR) is 87.6 cm³/mol. The molecule has 0 spiro atoms. The quantitative estimate of drug-likeness (QED) is 0.444. The van der Waals surface area contributed by atoms with E-state index in [0.29, 0.717) is 31.0 Å². The molecule has 0 radical (unpaired) electrons. The molecule has 0 amide bonds. The van der Waals surface area contributed by atoms with E-state index in [0.717, 1.165) is 11.8 Å². The molecule has 0 aliphatic rings. The Morgan fingerprint density at radius 2 is 1.96 bits per heavy atom. The van der Waals surface area contributed by atoms with Crippen molar-refractivity contribution in [1.29, 1.82) is 0 Å². The normalized spacial score (nSPS) is 11.4. The van der Waals surface area contributed by atoms with Crippen LogP contribution in [0.1, 0.15) is 33.6 Å². The number of para-hydroxylation sites is 1. The SMILES string of the molecule is CCC(C)(C)C(=O)OCCCOc1cc(=O)oc2ccccc12. The molecule has 23 heavy (non-hydrogen) atoms. The molecule has 5 nitrogen and oxygen atoms in total. The molecular weight excluding hydrogens is 296 g/mol. The van der Waals surface area contributed by atoms with Gasteiger partial charge < -0.3 is 13.9 Å². The summed E-state index contributed by atoms with van der Waals surface area (Å²) < 4.78 is 16.0. The van der Waals surface area contributed by atoms with Gasteiger partial charge in [-0.1, -0.05) is 19.1 Å². The van der Waals surface area contributed by atoms with Gasteiger partial charge in [0, 0.05) is 6.42 Å². The van der Waals surface area contributed by atoms with Crippen molar-refractivity contribution < 1.29 is 18.7 Å². The van der Waals surface area contributed by atoms with Crippen molar-refractivity contribution >= 4 is 16.9 Å². The Kier molecular flexibility index (Phi) is 5.42. The van der Waals surface area contributed by atoms with Crippen LogP contribution < -0.4 is 10.4 Å². The van der Waals surface area contributed by atoms with Gasteiger partial charge in [0.15, 0.2) is 0 Å². The third-order valence-corrected chi connectivity index (χ3v) is 3.83. The molecule has 2 aromatic rings. The molecule has 0 saturated carbocycles. The first kappa shape index (κ1) is 17.1. The van der Waals surface area contributed by atoms with E-state index in [2.05, 4.69) is 0 Å². The molecule has 0 saturated heterocycles. The van der Waals surface area contributed by atoms with Gasteiger partial charge in [0.1, 0.15) is 11.3 Å². The smallest absolute Gasteiger partial charge is 0.339 e. The molecule has 1 aromatic heterocycles. The zero-order chi connectivity index (χ0) is 16.9. The highest BCUT2D eigenvalue weighted by atomic mass is 16.5. The number of hydrogen-bond donors (Lipinski definition) is 0. The van der Waals surface area contributed by atoms with Crippen LogP contribution in [0, 0.1) is 5.41 Å². The fourth-order valence-electron chi connectivity index (χ4n) is 1.95. The second-order valence-corrected chi connectivity index (χ2v) is 6.00. The molecule has 124 valence electrons. The van der Waals surface area contributed by atoms with E-state index in [1.165, 1.54) is 6.07 Å². The lowest BCUT2D eigenvalue weighted by Crippen LogP contribution is -2.26. The topological polar surface area (TPSA) is 65.7 Å². The van der Waals surface area contributed by atoms with Crippen LogP contribution in [0.15, 0.2) is 39.5 Å². The zero-order valence-electron chi connectivity index (χ0n) is 13.8. The maximum atomic E-state index is 11.8. The van der Waals surface area contributed by atoms with E-state index < -0.39 is 11.0 Å². The first-order chi connectivity index (χ1) is 10.9. The van der Waals surface area contributed by atoms with Crippen LogP contribution >= 0.6 is 0 Å². The summed E-state index contributed by atoms with van der Waals surface area (Å²) in [4.78, 5) is 23.3. The lowest BCUT2D eigenvalue weighted by molar-refractivity contribution is -0.154. The number of carbonyl (C=O) groups is 1. The summed E-state index contributed by atoms with van der Waals surface area (Å²) in [6, 6.07) is 8.53. The number of ether oxygens (including phenoxy) is 2. The van der Waals surface area contributed by atoms with Gasteiger partial charge in [-0.2, -0.15) is 0 Å². The van der Waals surface area contributed by atoms with E-state index in [4.69, 9.17) is 13.9 Å². The van der Waals surface area contributed by atoms with Crippen molar-refractivity contribution in [2.45, 2.75) is 33.6 Å². The van der Waals surface area contributed by atoms with Crippen LogP contribution in [0.2, 0.25) is 0 Å². The molecule has 5 heteroatoms. The molecular formula is C18H22O5. The van der Waals surface area contributed by atoms with Crippen LogP contribution in [0.25, 0.3) is 11.0 Å². The number of rotatable bonds is 7. The number of carbonyl (C=O) groups excluding carboxylic acids is 1. The van der Waals surface area contributed by atoms with E-state index in [9.17, 15) is 9.59 Å².